The molecule has 0 aliphatic carbocycles. The van der Waals surface area contributed by atoms with Gasteiger partial charge in [-0.2, -0.15) is 0 Å². The van der Waals surface area contributed by atoms with Crippen molar-refractivity contribution in [1.29, 1.82) is 0 Å². The predicted molar refractivity (Wildman–Crippen MR) is 218 cm³/mol. The molecule has 0 atom stereocenters. The molecule has 4 nitrogen and oxygen atoms in total. The summed E-state index contributed by atoms with van der Waals surface area (Å²) in [6, 6.07) is 60.2. The van der Waals surface area contributed by atoms with Gasteiger partial charge in [-0.3, -0.25) is 0 Å². The zero-order chi connectivity index (χ0) is 34.2. The number of hydrogen-bond donors (Lipinski definition) is 0. The van der Waals surface area contributed by atoms with E-state index in [0.717, 1.165) is 33.2 Å². The van der Waals surface area contributed by atoms with Crippen LogP contribution in [0.15, 0.2) is 170 Å². The Bertz CT molecular complexity index is 3120. The van der Waals surface area contributed by atoms with E-state index in [1.807, 2.05) is 47.7 Å². The Kier molecular flexibility index (Phi) is 6.39. The van der Waals surface area contributed by atoms with Crippen LogP contribution >= 0.6 is 11.3 Å². The van der Waals surface area contributed by atoms with Crippen LogP contribution in [0.3, 0.4) is 0 Å². The summed E-state index contributed by atoms with van der Waals surface area (Å²) < 4.78 is 4.95. The quantitative estimate of drug-likeness (QED) is 0.186. The zero-order valence-corrected chi connectivity index (χ0v) is 28.7. The second-order valence-corrected chi connectivity index (χ2v) is 14.3. The molecule has 0 saturated carbocycles. The summed E-state index contributed by atoms with van der Waals surface area (Å²) in [5.74, 6) is 1.96. The fourth-order valence-electron chi connectivity index (χ4n) is 7.83. The molecular weight excluding hydrogens is 653 g/mol. The van der Waals surface area contributed by atoms with Crippen LogP contribution in [0.25, 0.3) is 103 Å². The van der Waals surface area contributed by atoms with Gasteiger partial charge in [-0.25, -0.2) is 15.0 Å². The van der Waals surface area contributed by atoms with Crippen molar-refractivity contribution in [2.45, 2.75) is 0 Å². The summed E-state index contributed by atoms with van der Waals surface area (Å²) in [5, 5.41) is 9.70. The maximum atomic E-state index is 5.21. The van der Waals surface area contributed by atoms with Crippen LogP contribution in [0.4, 0.5) is 0 Å². The average Bonchev–Trinajstić information content (AvgIpc) is 3.75. The Morgan fingerprint density at radius 2 is 1.00 bits per heavy atom. The van der Waals surface area contributed by atoms with E-state index >= 15 is 0 Å². The molecule has 0 aliphatic rings. The summed E-state index contributed by atoms with van der Waals surface area (Å²) in [6.45, 7) is 0. The Balaban J connectivity index is 1.29. The first-order valence-corrected chi connectivity index (χ1v) is 18.3. The Labute approximate surface area is 302 Å². The summed E-state index contributed by atoms with van der Waals surface area (Å²) in [4.78, 5) is 15.4. The van der Waals surface area contributed by atoms with E-state index in [2.05, 4.69) is 138 Å². The van der Waals surface area contributed by atoms with Crippen LogP contribution in [0, 0.1) is 0 Å². The lowest BCUT2D eigenvalue weighted by atomic mass is 9.98. The normalized spacial score (nSPS) is 11.8. The monoisotopic (exact) mass is 680 g/mol. The molecule has 0 bridgehead atoms. The number of fused-ring (bicyclic) bond motifs is 9. The lowest BCUT2D eigenvalue weighted by Gasteiger charge is -2.16. The van der Waals surface area contributed by atoms with Gasteiger partial charge in [-0.05, 0) is 41.1 Å². The van der Waals surface area contributed by atoms with Gasteiger partial charge in [-0.15, -0.1) is 11.3 Å². The predicted octanol–water partition coefficient (Wildman–Crippen LogP) is 12.6. The number of hydrogen-bond acceptors (Lipinski definition) is 4. The number of benzene rings is 8. The van der Waals surface area contributed by atoms with Crippen molar-refractivity contribution < 1.29 is 0 Å². The topological polar surface area (TPSA) is 43.6 Å². The highest BCUT2D eigenvalue weighted by Gasteiger charge is 2.22. The van der Waals surface area contributed by atoms with E-state index in [0.29, 0.717) is 17.5 Å². The zero-order valence-electron chi connectivity index (χ0n) is 27.9. The molecule has 0 fully saturated rings. The third-order valence-electron chi connectivity index (χ3n) is 10.2. The Hall–Kier alpha value is -6.69. The van der Waals surface area contributed by atoms with E-state index in [1.165, 1.54) is 52.8 Å². The number of para-hydroxylation sites is 1. The molecule has 242 valence electrons. The van der Waals surface area contributed by atoms with Gasteiger partial charge < -0.3 is 4.57 Å². The van der Waals surface area contributed by atoms with Crippen molar-refractivity contribution in [3.05, 3.63) is 170 Å². The van der Waals surface area contributed by atoms with Crippen LogP contribution in [0.5, 0.6) is 0 Å². The van der Waals surface area contributed by atoms with Gasteiger partial charge >= 0.3 is 0 Å². The van der Waals surface area contributed by atoms with E-state index in [4.69, 9.17) is 15.0 Å². The van der Waals surface area contributed by atoms with E-state index in [1.54, 1.807) is 0 Å². The van der Waals surface area contributed by atoms with Crippen molar-refractivity contribution in [1.82, 2.24) is 19.5 Å². The molecule has 0 spiro atoms. The average molecular weight is 681 g/mol. The standard InChI is InChI=1S/C47H28N4S/c1-3-14-29(15-4-1)45-48-46(30-16-5-2-6-17-30)50-47(49-45)36-23-13-22-35-41(28-38-34-21-10-12-25-42(34)52-44(38)43(35)36)51-39-24-11-9-20-33(39)37-26-31-18-7-8-19-32(31)27-40(37)51/h1-28H. The minimum Gasteiger partial charge on any atom is -0.309 e. The highest BCUT2D eigenvalue weighted by molar-refractivity contribution is 7.26. The molecule has 0 aliphatic heterocycles. The number of thiophene rings is 1. The molecule has 5 heteroatoms. The SMILES string of the molecule is c1ccc(-c2nc(-c3ccccc3)nc(-c3cccc4c(-n5c6ccccc6c6cc7ccccc7cc65)cc5c6ccccc6sc5c34)n2)cc1. The van der Waals surface area contributed by atoms with Crippen molar-refractivity contribution in [3.8, 4) is 39.9 Å². The van der Waals surface area contributed by atoms with Crippen LogP contribution in [-0.2, 0) is 0 Å². The number of aromatic nitrogens is 4. The number of nitrogens with zero attached hydrogens (tertiary/aromatic N) is 4. The third-order valence-corrected chi connectivity index (χ3v) is 11.4. The van der Waals surface area contributed by atoms with Gasteiger partial charge in [0.15, 0.2) is 17.5 Å². The smallest absolute Gasteiger partial charge is 0.164 e. The first kappa shape index (κ1) is 29.1. The molecule has 8 aromatic carbocycles. The Morgan fingerprint density at radius 1 is 0.404 bits per heavy atom. The minimum atomic E-state index is 0.652. The second kappa shape index (κ2) is 11.4. The second-order valence-electron chi connectivity index (χ2n) is 13.2. The van der Waals surface area contributed by atoms with E-state index < -0.39 is 0 Å². The highest BCUT2D eigenvalue weighted by Crippen LogP contribution is 2.46. The van der Waals surface area contributed by atoms with Crippen LogP contribution < -0.4 is 0 Å². The Morgan fingerprint density at radius 3 is 1.75 bits per heavy atom. The van der Waals surface area contributed by atoms with E-state index in [-0.39, 0.29) is 0 Å². The molecule has 0 radical (unpaired) electrons. The van der Waals surface area contributed by atoms with Gasteiger partial charge in [0.05, 0.1) is 16.7 Å². The molecule has 3 heterocycles. The summed E-state index contributed by atoms with van der Waals surface area (Å²) in [5.41, 5.74) is 6.39. The fourth-order valence-corrected chi connectivity index (χ4v) is 9.09. The molecule has 0 saturated heterocycles. The first-order valence-electron chi connectivity index (χ1n) is 17.5. The highest BCUT2D eigenvalue weighted by atomic mass is 32.1. The van der Waals surface area contributed by atoms with Crippen molar-refractivity contribution >= 4 is 74.9 Å². The molecule has 11 aromatic rings. The van der Waals surface area contributed by atoms with E-state index in [9.17, 15) is 0 Å². The van der Waals surface area contributed by atoms with Gasteiger partial charge in [-0.1, -0.05) is 140 Å². The maximum absolute atomic E-state index is 5.21. The molecule has 0 N–H and O–H groups in total. The van der Waals surface area contributed by atoms with Gasteiger partial charge in [0.2, 0.25) is 0 Å². The van der Waals surface area contributed by atoms with Crippen molar-refractivity contribution in [3.63, 3.8) is 0 Å². The first-order chi connectivity index (χ1) is 25.8. The number of rotatable bonds is 4. The lowest BCUT2D eigenvalue weighted by molar-refractivity contribution is 1.08. The van der Waals surface area contributed by atoms with Crippen LogP contribution in [0.2, 0.25) is 0 Å². The van der Waals surface area contributed by atoms with Gasteiger partial charge in [0.1, 0.15) is 0 Å². The summed E-state index contributed by atoms with van der Waals surface area (Å²) >= 11 is 1.84. The largest absolute Gasteiger partial charge is 0.309 e. The molecule has 11 rings (SSSR count). The summed E-state index contributed by atoms with van der Waals surface area (Å²) in [7, 11) is 0. The molecule has 0 amide bonds. The molecule has 3 aromatic heterocycles. The third kappa shape index (κ3) is 4.43. The van der Waals surface area contributed by atoms with Gasteiger partial charge in [0.25, 0.3) is 0 Å². The fraction of sp³-hybridized carbons (Fsp3) is 0. The maximum Gasteiger partial charge on any atom is 0.164 e. The lowest BCUT2D eigenvalue weighted by Crippen LogP contribution is -2.01. The van der Waals surface area contributed by atoms with Gasteiger partial charge in [0, 0.05) is 58.4 Å². The molecular formula is C47H28N4S. The van der Waals surface area contributed by atoms with Crippen LogP contribution in [-0.4, -0.2) is 19.5 Å². The molecule has 0 unspecified atom stereocenters. The van der Waals surface area contributed by atoms with Crippen molar-refractivity contribution in [2.75, 3.05) is 0 Å². The summed E-state index contributed by atoms with van der Waals surface area (Å²) in [6.07, 6.45) is 0. The van der Waals surface area contributed by atoms with Crippen LogP contribution in [0.1, 0.15) is 0 Å². The minimum absolute atomic E-state index is 0.652. The van der Waals surface area contributed by atoms with Crippen molar-refractivity contribution in [2.24, 2.45) is 0 Å². The molecule has 52 heavy (non-hydrogen) atoms.